The average Bonchev–Trinajstić information content (AvgIpc) is 2.78. The fourth-order valence-electron chi connectivity index (χ4n) is 1.61. The fraction of sp³-hybridized carbons (Fsp3) is 0.455. The number of carbonyl (C=O) groups is 2. The predicted molar refractivity (Wildman–Crippen MR) is 66.1 cm³/mol. The van der Waals surface area contributed by atoms with Gasteiger partial charge in [-0.1, -0.05) is 0 Å². The zero-order valence-electron chi connectivity index (χ0n) is 9.65. The van der Waals surface area contributed by atoms with Crippen LogP contribution in [0.1, 0.15) is 10.6 Å². The zero-order chi connectivity index (χ0) is 13.0. The Kier molecular flexibility index (Phi) is 4.38. The van der Waals surface area contributed by atoms with E-state index in [1.165, 1.54) is 0 Å². The first kappa shape index (κ1) is 13.1. The maximum atomic E-state index is 11.6. The van der Waals surface area contributed by atoms with E-state index < -0.39 is 0 Å². The number of hydrogen-bond donors (Lipinski definition) is 1. The average molecular weight is 317 g/mol. The molecule has 1 aliphatic heterocycles. The van der Waals surface area contributed by atoms with Gasteiger partial charge >= 0.3 is 0 Å². The molecule has 18 heavy (non-hydrogen) atoms. The van der Waals surface area contributed by atoms with Crippen LogP contribution in [0.3, 0.4) is 0 Å². The second-order valence-corrected chi connectivity index (χ2v) is 4.57. The maximum Gasteiger partial charge on any atom is 0.287 e. The molecule has 2 amide bonds. The Morgan fingerprint density at radius 3 is 3.00 bits per heavy atom. The summed E-state index contributed by atoms with van der Waals surface area (Å²) in [4.78, 5) is 24.7. The van der Waals surface area contributed by atoms with Crippen LogP contribution in [0, 0.1) is 0 Å². The number of rotatable bonds is 4. The van der Waals surface area contributed by atoms with Gasteiger partial charge in [-0.25, -0.2) is 0 Å². The van der Waals surface area contributed by atoms with Crippen molar-refractivity contribution in [2.45, 2.75) is 0 Å². The molecule has 1 aromatic heterocycles. The molecule has 0 aromatic carbocycles. The minimum Gasteiger partial charge on any atom is -0.444 e. The van der Waals surface area contributed by atoms with Gasteiger partial charge in [0.2, 0.25) is 5.91 Å². The van der Waals surface area contributed by atoms with Crippen LogP contribution in [0.5, 0.6) is 0 Å². The van der Waals surface area contributed by atoms with Crippen LogP contribution >= 0.6 is 15.9 Å². The molecule has 0 radical (unpaired) electrons. The standard InChI is InChI=1S/C11H13BrN2O4/c12-9-2-1-8(18-9)11(16)13-3-4-14-5-6-17-7-10(14)15/h1-2H,3-7H2,(H,13,16). The summed E-state index contributed by atoms with van der Waals surface area (Å²) in [6.07, 6.45) is 0. The number of morpholine rings is 1. The Hall–Kier alpha value is -1.34. The lowest BCUT2D eigenvalue weighted by Gasteiger charge is -2.26. The summed E-state index contributed by atoms with van der Waals surface area (Å²) in [7, 11) is 0. The largest absolute Gasteiger partial charge is 0.444 e. The normalized spacial score (nSPS) is 15.8. The summed E-state index contributed by atoms with van der Waals surface area (Å²) in [5, 5.41) is 2.69. The number of halogens is 1. The van der Waals surface area contributed by atoms with Crippen molar-refractivity contribution in [2.75, 3.05) is 32.8 Å². The van der Waals surface area contributed by atoms with Crippen molar-refractivity contribution in [1.82, 2.24) is 10.2 Å². The maximum absolute atomic E-state index is 11.6. The van der Waals surface area contributed by atoms with Crippen LogP contribution in [-0.4, -0.2) is 49.6 Å². The highest BCUT2D eigenvalue weighted by atomic mass is 79.9. The molecular weight excluding hydrogens is 304 g/mol. The van der Waals surface area contributed by atoms with E-state index in [4.69, 9.17) is 9.15 Å². The molecule has 1 saturated heterocycles. The van der Waals surface area contributed by atoms with Crippen LogP contribution in [0.2, 0.25) is 0 Å². The highest BCUT2D eigenvalue weighted by Gasteiger charge is 2.18. The Labute approximate surface area is 112 Å². The van der Waals surface area contributed by atoms with Gasteiger partial charge in [-0.15, -0.1) is 0 Å². The summed E-state index contributed by atoms with van der Waals surface area (Å²) in [5.74, 6) is -0.0900. The molecule has 0 aliphatic carbocycles. The Bertz CT molecular complexity index is 446. The van der Waals surface area contributed by atoms with Gasteiger partial charge in [-0.05, 0) is 28.1 Å². The van der Waals surface area contributed by atoms with Crippen molar-refractivity contribution in [2.24, 2.45) is 0 Å². The van der Waals surface area contributed by atoms with Crippen LogP contribution < -0.4 is 5.32 Å². The molecule has 0 spiro atoms. The lowest BCUT2D eigenvalue weighted by atomic mass is 10.4. The molecule has 2 heterocycles. The molecule has 7 heteroatoms. The SMILES string of the molecule is O=C(NCCN1CCOCC1=O)c1ccc(Br)o1. The van der Waals surface area contributed by atoms with Gasteiger partial charge in [-0.3, -0.25) is 9.59 Å². The topological polar surface area (TPSA) is 71.8 Å². The van der Waals surface area contributed by atoms with Crippen LogP contribution in [0.25, 0.3) is 0 Å². The number of hydrogen-bond acceptors (Lipinski definition) is 4. The third-order valence-corrected chi connectivity index (χ3v) is 2.97. The van der Waals surface area contributed by atoms with Gasteiger partial charge in [0.05, 0.1) is 6.61 Å². The summed E-state index contributed by atoms with van der Waals surface area (Å²) >= 11 is 3.13. The summed E-state index contributed by atoms with van der Waals surface area (Å²) in [6, 6.07) is 3.24. The van der Waals surface area contributed by atoms with E-state index in [1.54, 1.807) is 17.0 Å². The minimum absolute atomic E-state index is 0.0451. The molecule has 0 saturated carbocycles. The molecule has 0 unspecified atom stereocenters. The molecule has 1 fully saturated rings. The number of furan rings is 1. The van der Waals surface area contributed by atoms with Gasteiger partial charge in [0.15, 0.2) is 10.4 Å². The van der Waals surface area contributed by atoms with Gasteiger partial charge in [0.25, 0.3) is 5.91 Å². The third kappa shape index (κ3) is 3.33. The highest BCUT2D eigenvalue weighted by Crippen LogP contribution is 2.13. The van der Waals surface area contributed by atoms with Crippen molar-refractivity contribution < 1.29 is 18.7 Å². The van der Waals surface area contributed by atoms with E-state index in [0.29, 0.717) is 30.9 Å². The van der Waals surface area contributed by atoms with Gasteiger partial charge in [0, 0.05) is 19.6 Å². The second-order valence-electron chi connectivity index (χ2n) is 3.79. The Morgan fingerprint density at radius 2 is 2.33 bits per heavy atom. The first-order chi connectivity index (χ1) is 8.66. The zero-order valence-corrected chi connectivity index (χ0v) is 11.2. The van der Waals surface area contributed by atoms with E-state index in [2.05, 4.69) is 21.2 Å². The van der Waals surface area contributed by atoms with E-state index in [-0.39, 0.29) is 24.2 Å². The van der Waals surface area contributed by atoms with Crippen molar-refractivity contribution in [1.29, 1.82) is 0 Å². The number of nitrogens with zero attached hydrogens (tertiary/aromatic N) is 1. The molecular formula is C11H13BrN2O4. The fourth-order valence-corrected chi connectivity index (χ4v) is 1.92. The molecule has 6 nitrogen and oxygen atoms in total. The Morgan fingerprint density at radius 1 is 1.50 bits per heavy atom. The molecule has 1 aromatic rings. The van der Waals surface area contributed by atoms with Crippen molar-refractivity contribution >= 4 is 27.7 Å². The van der Waals surface area contributed by atoms with Crippen molar-refractivity contribution in [3.63, 3.8) is 0 Å². The summed E-state index contributed by atoms with van der Waals surface area (Å²) in [5.41, 5.74) is 0. The van der Waals surface area contributed by atoms with E-state index in [0.717, 1.165) is 0 Å². The quantitative estimate of drug-likeness (QED) is 0.884. The first-order valence-electron chi connectivity index (χ1n) is 5.56. The monoisotopic (exact) mass is 316 g/mol. The molecule has 0 bridgehead atoms. The van der Waals surface area contributed by atoms with Crippen LogP contribution in [0.4, 0.5) is 0 Å². The van der Waals surface area contributed by atoms with Gasteiger partial charge < -0.3 is 19.4 Å². The molecule has 1 N–H and O–H groups in total. The number of nitrogens with one attached hydrogen (secondary N) is 1. The van der Waals surface area contributed by atoms with Crippen molar-refractivity contribution in [3.05, 3.63) is 22.6 Å². The van der Waals surface area contributed by atoms with Crippen LogP contribution in [0.15, 0.2) is 21.2 Å². The summed E-state index contributed by atoms with van der Waals surface area (Å²) in [6.45, 7) is 2.11. The number of ether oxygens (including phenoxy) is 1. The lowest BCUT2D eigenvalue weighted by Crippen LogP contribution is -2.45. The lowest BCUT2D eigenvalue weighted by molar-refractivity contribution is -0.142. The molecule has 0 atom stereocenters. The second kappa shape index (κ2) is 6.01. The van der Waals surface area contributed by atoms with Crippen molar-refractivity contribution in [3.8, 4) is 0 Å². The highest BCUT2D eigenvalue weighted by molar-refractivity contribution is 9.10. The van der Waals surface area contributed by atoms with E-state index in [1.807, 2.05) is 0 Å². The third-order valence-electron chi connectivity index (χ3n) is 2.55. The van der Waals surface area contributed by atoms with E-state index >= 15 is 0 Å². The van der Waals surface area contributed by atoms with E-state index in [9.17, 15) is 9.59 Å². The predicted octanol–water partition coefficient (Wildman–Crippen LogP) is 0.631. The first-order valence-corrected chi connectivity index (χ1v) is 6.35. The summed E-state index contributed by atoms with van der Waals surface area (Å²) < 4.78 is 10.6. The van der Waals surface area contributed by atoms with Gasteiger partial charge in [-0.2, -0.15) is 0 Å². The molecule has 98 valence electrons. The smallest absolute Gasteiger partial charge is 0.287 e. The number of amides is 2. The van der Waals surface area contributed by atoms with Gasteiger partial charge in [0.1, 0.15) is 6.61 Å². The van der Waals surface area contributed by atoms with Crippen LogP contribution in [-0.2, 0) is 9.53 Å². The molecule has 2 rings (SSSR count). The number of carbonyl (C=O) groups excluding carboxylic acids is 2. The minimum atomic E-state index is -0.290. The Balaban J connectivity index is 1.75. The molecule has 1 aliphatic rings.